The van der Waals surface area contributed by atoms with Gasteiger partial charge < -0.3 is 10.7 Å². The third kappa shape index (κ3) is 2.51. The van der Waals surface area contributed by atoms with Crippen molar-refractivity contribution in [3.8, 4) is 0 Å². The minimum atomic E-state index is -0.00864. The van der Waals surface area contributed by atoms with Gasteiger partial charge in [-0.1, -0.05) is 30.3 Å². The molecule has 0 saturated carbocycles. The number of carbonyl (C=O) groups is 1. The molecule has 3 rings (SSSR count). The monoisotopic (exact) mass is 317 g/mol. The molecule has 4 nitrogen and oxygen atoms in total. The molecule has 0 bridgehead atoms. The number of hydrogen-bond donors (Lipinski definition) is 2. The Morgan fingerprint density at radius 2 is 1.79 bits per heavy atom. The Hall–Kier alpha value is -2.14. The van der Waals surface area contributed by atoms with E-state index in [1.54, 1.807) is 30.3 Å². The zero-order chi connectivity index (χ0) is 12.5. The summed E-state index contributed by atoms with van der Waals surface area (Å²) < 4.78 is 0. The van der Waals surface area contributed by atoms with E-state index in [0.29, 0.717) is 17.1 Å². The minimum absolute atomic E-state index is 0. The molecule has 3 N–H and O–H groups in total. The molecule has 5 heteroatoms. The molecule has 96 valence electrons. The Bertz CT molecular complexity index is 722. The van der Waals surface area contributed by atoms with E-state index in [2.05, 4.69) is 9.97 Å². The van der Waals surface area contributed by atoms with Gasteiger partial charge >= 0.3 is 0 Å². The quantitative estimate of drug-likeness (QED) is 0.714. The SMILES string of the molecule is Br.Nc1nc2ccc(C(=O)c3ccccc3)cc2[nH]1. The third-order valence-electron chi connectivity index (χ3n) is 2.80. The standard InChI is InChI=1S/C14H11N3O.BrH/c15-14-16-11-7-6-10(8-12(11)17-14)13(18)9-4-2-1-3-5-9;/h1-8H,(H3,15,16,17);1H. The van der Waals surface area contributed by atoms with E-state index in [1.807, 2.05) is 18.2 Å². The van der Waals surface area contributed by atoms with E-state index in [4.69, 9.17) is 5.73 Å². The number of aromatic amines is 1. The first-order valence-electron chi connectivity index (χ1n) is 5.59. The maximum absolute atomic E-state index is 12.2. The van der Waals surface area contributed by atoms with Gasteiger partial charge in [-0.2, -0.15) is 0 Å². The van der Waals surface area contributed by atoms with Crippen LogP contribution < -0.4 is 5.73 Å². The number of halogens is 1. The van der Waals surface area contributed by atoms with Crippen molar-refractivity contribution in [2.75, 3.05) is 5.73 Å². The molecule has 0 spiro atoms. The predicted octanol–water partition coefficient (Wildman–Crippen LogP) is 2.95. The molecule has 0 unspecified atom stereocenters. The van der Waals surface area contributed by atoms with Crippen molar-refractivity contribution in [2.45, 2.75) is 0 Å². The number of aromatic nitrogens is 2. The fourth-order valence-electron chi connectivity index (χ4n) is 1.93. The van der Waals surface area contributed by atoms with Crippen LogP contribution in [0.1, 0.15) is 15.9 Å². The Labute approximate surface area is 120 Å². The zero-order valence-corrected chi connectivity index (χ0v) is 11.7. The maximum atomic E-state index is 12.2. The van der Waals surface area contributed by atoms with Crippen molar-refractivity contribution < 1.29 is 4.79 Å². The van der Waals surface area contributed by atoms with Crippen LogP contribution in [0.25, 0.3) is 11.0 Å². The van der Waals surface area contributed by atoms with Gasteiger partial charge in [0.2, 0.25) is 0 Å². The largest absolute Gasteiger partial charge is 0.369 e. The second-order valence-corrected chi connectivity index (χ2v) is 4.05. The van der Waals surface area contributed by atoms with Gasteiger partial charge in [-0.3, -0.25) is 4.79 Å². The van der Waals surface area contributed by atoms with Crippen LogP contribution in [-0.2, 0) is 0 Å². The number of nitrogens with two attached hydrogens (primary N) is 1. The number of fused-ring (bicyclic) bond motifs is 1. The van der Waals surface area contributed by atoms with Gasteiger partial charge in [0, 0.05) is 11.1 Å². The number of imidazole rings is 1. The van der Waals surface area contributed by atoms with Crippen LogP contribution in [-0.4, -0.2) is 15.8 Å². The Kier molecular flexibility index (Phi) is 3.66. The third-order valence-corrected chi connectivity index (χ3v) is 2.80. The highest BCUT2D eigenvalue weighted by atomic mass is 79.9. The molecule has 0 aliphatic rings. The van der Waals surface area contributed by atoms with E-state index in [-0.39, 0.29) is 22.8 Å². The van der Waals surface area contributed by atoms with Gasteiger partial charge in [0.1, 0.15) is 0 Å². The number of nitrogens with one attached hydrogen (secondary N) is 1. The highest BCUT2D eigenvalue weighted by Gasteiger charge is 2.10. The molecule has 0 saturated heterocycles. The summed E-state index contributed by atoms with van der Waals surface area (Å²) in [6.07, 6.45) is 0. The molecule has 1 heterocycles. The van der Waals surface area contributed by atoms with E-state index in [1.165, 1.54) is 0 Å². The van der Waals surface area contributed by atoms with Crippen LogP contribution in [0.3, 0.4) is 0 Å². The van der Waals surface area contributed by atoms with Gasteiger partial charge in [-0.15, -0.1) is 17.0 Å². The number of anilines is 1. The van der Waals surface area contributed by atoms with Crippen LogP contribution in [0, 0.1) is 0 Å². The number of carbonyl (C=O) groups excluding carboxylic acids is 1. The average Bonchev–Trinajstić information content (AvgIpc) is 2.78. The number of nitrogens with zero attached hydrogens (tertiary/aromatic N) is 1. The summed E-state index contributed by atoms with van der Waals surface area (Å²) in [7, 11) is 0. The van der Waals surface area contributed by atoms with E-state index < -0.39 is 0 Å². The van der Waals surface area contributed by atoms with Crippen LogP contribution in [0.2, 0.25) is 0 Å². The molecule has 0 radical (unpaired) electrons. The summed E-state index contributed by atoms with van der Waals surface area (Å²) in [4.78, 5) is 19.2. The Balaban J connectivity index is 0.00000133. The second kappa shape index (κ2) is 5.24. The lowest BCUT2D eigenvalue weighted by molar-refractivity contribution is 0.103. The fourth-order valence-corrected chi connectivity index (χ4v) is 1.93. The summed E-state index contributed by atoms with van der Waals surface area (Å²) >= 11 is 0. The van der Waals surface area contributed by atoms with Gasteiger partial charge in [-0.25, -0.2) is 4.98 Å². The number of nitrogen functional groups attached to an aromatic ring is 1. The highest BCUT2D eigenvalue weighted by molar-refractivity contribution is 8.93. The molecule has 1 aromatic heterocycles. The smallest absolute Gasteiger partial charge is 0.198 e. The fraction of sp³-hybridized carbons (Fsp3) is 0. The molecule has 0 atom stereocenters. The number of hydrogen-bond acceptors (Lipinski definition) is 3. The van der Waals surface area contributed by atoms with Gasteiger partial charge in [0.25, 0.3) is 0 Å². The summed E-state index contributed by atoms with van der Waals surface area (Å²) in [5.74, 6) is 0.347. The Morgan fingerprint density at radius 3 is 2.53 bits per heavy atom. The number of benzene rings is 2. The first kappa shape index (κ1) is 13.3. The molecule has 0 fully saturated rings. The van der Waals surface area contributed by atoms with Crippen molar-refractivity contribution in [1.29, 1.82) is 0 Å². The Morgan fingerprint density at radius 1 is 1.05 bits per heavy atom. The van der Waals surface area contributed by atoms with Gasteiger partial charge in [-0.05, 0) is 18.2 Å². The summed E-state index contributed by atoms with van der Waals surface area (Å²) in [5, 5.41) is 0. The zero-order valence-electron chi connectivity index (χ0n) is 9.96. The van der Waals surface area contributed by atoms with Crippen molar-refractivity contribution in [3.63, 3.8) is 0 Å². The van der Waals surface area contributed by atoms with Crippen molar-refractivity contribution >= 4 is 39.7 Å². The molecule has 2 aromatic carbocycles. The van der Waals surface area contributed by atoms with Crippen molar-refractivity contribution in [2.24, 2.45) is 0 Å². The topological polar surface area (TPSA) is 71.8 Å². The summed E-state index contributed by atoms with van der Waals surface area (Å²) in [6.45, 7) is 0. The van der Waals surface area contributed by atoms with Crippen LogP contribution in [0.5, 0.6) is 0 Å². The predicted molar refractivity (Wildman–Crippen MR) is 80.7 cm³/mol. The number of ketones is 1. The van der Waals surface area contributed by atoms with E-state index in [0.717, 1.165) is 11.0 Å². The van der Waals surface area contributed by atoms with Gasteiger partial charge in [0.05, 0.1) is 11.0 Å². The first-order chi connectivity index (χ1) is 8.74. The van der Waals surface area contributed by atoms with E-state index in [9.17, 15) is 4.79 Å². The summed E-state index contributed by atoms with van der Waals surface area (Å²) in [5.41, 5.74) is 8.40. The maximum Gasteiger partial charge on any atom is 0.198 e. The first-order valence-corrected chi connectivity index (χ1v) is 5.59. The van der Waals surface area contributed by atoms with Crippen molar-refractivity contribution in [1.82, 2.24) is 9.97 Å². The van der Waals surface area contributed by atoms with E-state index >= 15 is 0 Å². The van der Waals surface area contributed by atoms with Crippen LogP contribution >= 0.6 is 17.0 Å². The normalized spacial score (nSPS) is 10.1. The molecular weight excluding hydrogens is 306 g/mol. The molecule has 0 amide bonds. The van der Waals surface area contributed by atoms with Crippen LogP contribution in [0.15, 0.2) is 48.5 Å². The van der Waals surface area contributed by atoms with Crippen molar-refractivity contribution in [3.05, 3.63) is 59.7 Å². The lowest BCUT2D eigenvalue weighted by atomic mass is 10.0. The second-order valence-electron chi connectivity index (χ2n) is 4.05. The van der Waals surface area contributed by atoms with Gasteiger partial charge in [0.15, 0.2) is 11.7 Å². The molecule has 0 aliphatic carbocycles. The molecule has 0 aliphatic heterocycles. The lowest BCUT2D eigenvalue weighted by Gasteiger charge is -2.00. The number of H-pyrrole nitrogens is 1. The lowest BCUT2D eigenvalue weighted by Crippen LogP contribution is -2.00. The molecule has 3 aromatic rings. The molecular formula is C14H12BrN3O. The highest BCUT2D eigenvalue weighted by Crippen LogP contribution is 2.17. The summed E-state index contributed by atoms with van der Waals surface area (Å²) in [6, 6.07) is 14.5. The molecule has 19 heavy (non-hydrogen) atoms. The minimum Gasteiger partial charge on any atom is -0.369 e. The van der Waals surface area contributed by atoms with Crippen LogP contribution in [0.4, 0.5) is 5.95 Å². The number of rotatable bonds is 2. The average molecular weight is 318 g/mol.